The Morgan fingerprint density at radius 1 is 1.10 bits per heavy atom. The van der Waals surface area contributed by atoms with Crippen LogP contribution in [-0.4, -0.2) is 4.98 Å². The van der Waals surface area contributed by atoms with Gasteiger partial charge in [0.15, 0.2) is 0 Å². The number of anilines is 1. The summed E-state index contributed by atoms with van der Waals surface area (Å²) in [5.74, 6) is -0.204. The van der Waals surface area contributed by atoms with Crippen LogP contribution in [0.3, 0.4) is 0 Å². The molecule has 0 saturated heterocycles. The molecule has 0 fully saturated rings. The number of hydrogen-bond donors (Lipinski definition) is 1. The standard InChI is InChI=1S/C18H17FN2/c1-2-17(13-6-8-15(19)9-7-13)21-18-5-3-4-14-12-20-11-10-16(14)18/h3-12,17,21H,2H2,1H3. The molecule has 1 unspecified atom stereocenters. The quantitative estimate of drug-likeness (QED) is 0.732. The normalized spacial score (nSPS) is 12.3. The number of aromatic nitrogens is 1. The van der Waals surface area contributed by atoms with Gasteiger partial charge in [-0.2, -0.15) is 0 Å². The molecule has 0 amide bonds. The molecule has 106 valence electrons. The lowest BCUT2D eigenvalue weighted by Gasteiger charge is -2.20. The van der Waals surface area contributed by atoms with Crippen molar-refractivity contribution in [2.45, 2.75) is 19.4 Å². The van der Waals surface area contributed by atoms with Gasteiger partial charge in [0.2, 0.25) is 0 Å². The van der Waals surface area contributed by atoms with Crippen molar-refractivity contribution < 1.29 is 4.39 Å². The molecule has 3 rings (SSSR count). The van der Waals surface area contributed by atoms with Crippen molar-refractivity contribution in [1.82, 2.24) is 4.98 Å². The van der Waals surface area contributed by atoms with Crippen LogP contribution in [0.4, 0.5) is 10.1 Å². The van der Waals surface area contributed by atoms with E-state index in [4.69, 9.17) is 0 Å². The Hall–Kier alpha value is -2.42. The summed E-state index contributed by atoms with van der Waals surface area (Å²) in [5.41, 5.74) is 2.16. The van der Waals surface area contributed by atoms with Crippen LogP contribution >= 0.6 is 0 Å². The molecule has 1 heterocycles. The highest BCUT2D eigenvalue weighted by Crippen LogP contribution is 2.28. The SMILES string of the molecule is CCC(Nc1cccc2cnccc12)c1ccc(F)cc1. The molecule has 0 aliphatic rings. The number of halogens is 1. The highest BCUT2D eigenvalue weighted by molar-refractivity contribution is 5.93. The minimum absolute atomic E-state index is 0.157. The second-order valence-electron chi connectivity index (χ2n) is 5.06. The number of benzene rings is 2. The first kappa shape index (κ1) is 13.6. The van der Waals surface area contributed by atoms with Crippen molar-refractivity contribution in [3.63, 3.8) is 0 Å². The molecule has 3 heteroatoms. The van der Waals surface area contributed by atoms with E-state index < -0.39 is 0 Å². The van der Waals surface area contributed by atoms with Gasteiger partial charge in [-0.05, 0) is 36.2 Å². The number of fused-ring (bicyclic) bond motifs is 1. The van der Waals surface area contributed by atoms with Crippen molar-refractivity contribution >= 4 is 16.5 Å². The Morgan fingerprint density at radius 2 is 1.90 bits per heavy atom. The van der Waals surface area contributed by atoms with Gasteiger partial charge in [0.1, 0.15) is 5.82 Å². The maximum absolute atomic E-state index is 13.1. The van der Waals surface area contributed by atoms with E-state index >= 15 is 0 Å². The van der Waals surface area contributed by atoms with Gasteiger partial charge >= 0.3 is 0 Å². The highest BCUT2D eigenvalue weighted by Gasteiger charge is 2.10. The molecule has 1 aromatic heterocycles. The predicted molar refractivity (Wildman–Crippen MR) is 84.8 cm³/mol. The monoisotopic (exact) mass is 280 g/mol. The topological polar surface area (TPSA) is 24.9 Å². The second kappa shape index (κ2) is 5.92. The lowest BCUT2D eigenvalue weighted by Crippen LogP contribution is -2.10. The molecular weight excluding hydrogens is 263 g/mol. The fraction of sp³-hybridized carbons (Fsp3) is 0.167. The maximum atomic E-state index is 13.1. The lowest BCUT2D eigenvalue weighted by atomic mass is 10.0. The van der Waals surface area contributed by atoms with Gasteiger partial charge in [-0.3, -0.25) is 4.98 Å². The van der Waals surface area contributed by atoms with Crippen LogP contribution < -0.4 is 5.32 Å². The Balaban J connectivity index is 1.94. The molecule has 1 atom stereocenters. The van der Waals surface area contributed by atoms with E-state index in [0.717, 1.165) is 28.4 Å². The van der Waals surface area contributed by atoms with Gasteiger partial charge in [-0.15, -0.1) is 0 Å². The van der Waals surface area contributed by atoms with E-state index in [1.807, 2.05) is 36.5 Å². The van der Waals surface area contributed by atoms with E-state index in [1.165, 1.54) is 12.1 Å². The molecule has 0 radical (unpaired) electrons. The number of nitrogens with one attached hydrogen (secondary N) is 1. The van der Waals surface area contributed by atoms with Gasteiger partial charge in [-0.25, -0.2) is 4.39 Å². The number of rotatable bonds is 4. The van der Waals surface area contributed by atoms with Gasteiger partial charge in [0.25, 0.3) is 0 Å². The molecule has 0 aliphatic heterocycles. The third kappa shape index (κ3) is 2.87. The Labute approximate surface area is 123 Å². The zero-order valence-corrected chi connectivity index (χ0v) is 11.9. The minimum atomic E-state index is -0.204. The Kier molecular flexibility index (Phi) is 3.82. The summed E-state index contributed by atoms with van der Waals surface area (Å²) in [4.78, 5) is 4.15. The van der Waals surface area contributed by atoms with Crippen molar-refractivity contribution in [2.24, 2.45) is 0 Å². The summed E-state index contributed by atoms with van der Waals surface area (Å²) in [7, 11) is 0. The van der Waals surface area contributed by atoms with Gasteiger partial charge in [0, 0.05) is 28.9 Å². The number of nitrogens with zero attached hydrogens (tertiary/aromatic N) is 1. The minimum Gasteiger partial charge on any atom is -0.378 e. The maximum Gasteiger partial charge on any atom is 0.123 e. The van der Waals surface area contributed by atoms with E-state index in [0.29, 0.717) is 0 Å². The van der Waals surface area contributed by atoms with Crippen LogP contribution in [0.5, 0.6) is 0 Å². The summed E-state index contributed by atoms with van der Waals surface area (Å²) in [6.07, 6.45) is 4.58. The van der Waals surface area contributed by atoms with Crippen molar-refractivity contribution in [3.8, 4) is 0 Å². The molecule has 0 bridgehead atoms. The van der Waals surface area contributed by atoms with Crippen molar-refractivity contribution in [3.05, 3.63) is 72.3 Å². The average molecular weight is 280 g/mol. The van der Waals surface area contributed by atoms with E-state index in [-0.39, 0.29) is 11.9 Å². The van der Waals surface area contributed by atoms with Crippen LogP contribution in [0.1, 0.15) is 24.9 Å². The summed E-state index contributed by atoms with van der Waals surface area (Å²) < 4.78 is 13.1. The first-order valence-electron chi connectivity index (χ1n) is 7.12. The van der Waals surface area contributed by atoms with Crippen molar-refractivity contribution in [2.75, 3.05) is 5.32 Å². The van der Waals surface area contributed by atoms with Crippen LogP contribution in [0.15, 0.2) is 60.9 Å². The molecule has 3 aromatic rings. The first-order chi connectivity index (χ1) is 10.3. The van der Waals surface area contributed by atoms with Gasteiger partial charge < -0.3 is 5.32 Å². The lowest BCUT2D eigenvalue weighted by molar-refractivity contribution is 0.625. The Bertz CT molecular complexity index is 732. The molecule has 2 nitrogen and oxygen atoms in total. The molecule has 0 saturated carbocycles. The molecule has 2 aromatic carbocycles. The zero-order chi connectivity index (χ0) is 14.7. The van der Waals surface area contributed by atoms with E-state index in [1.54, 1.807) is 6.20 Å². The molecule has 0 spiro atoms. The largest absolute Gasteiger partial charge is 0.378 e. The number of pyridine rings is 1. The van der Waals surface area contributed by atoms with Gasteiger partial charge in [0.05, 0.1) is 6.04 Å². The fourth-order valence-electron chi connectivity index (χ4n) is 2.55. The molecule has 21 heavy (non-hydrogen) atoms. The molecule has 0 aliphatic carbocycles. The fourth-order valence-corrected chi connectivity index (χ4v) is 2.55. The smallest absolute Gasteiger partial charge is 0.123 e. The summed E-state index contributed by atoms with van der Waals surface area (Å²) in [5, 5.41) is 5.81. The Morgan fingerprint density at radius 3 is 2.67 bits per heavy atom. The third-order valence-corrected chi connectivity index (χ3v) is 3.69. The predicted octanol–water partition coefficient (Wildman–Crippen LogP) is 4.94. The summed E-state index contributed by atoms with van der Waals surface area (Å²) in [6, 6.07) is 15.0. The highest BCUT2D eigenvalue weighted by atomic mass is 19.1. The van der Waals surface area contributed by atoms with Crippen LogP contribution in [-0.2, 0) is 0 Å². The average Bonchev–Trinajstić information content (AvgIpc) is 2.54. The van der Waals surface area contributed by atoms with Gasteiger partial charge in [-0.1, -0.05) is 31.2 Å². The number of hydrogen-bond acceptors (Lipinski definition) is 2. The first-order valence-corrected chi connectivity index (χ1v) is 7.12. The van der Waals surface area contributed by atoms with Crippen LogP contribution in [0.2, 0.25) is 0 Å². The van der Waals surface area contributed by atoms with Crippen molar-refractivity contribution in [1.29, 1.82) is 0 Å². The summed E-state index contributed by atoms with van der Waals surface area (Å²) >= 11 is 0. The second-order valence-corrected chi connectivity index (χ2v) is 5.06. The zero-order valence-electron chi connectivity index (χ0n) is 11.9. The van der Waals surface area contributed by atoms with Crippen LogP contribution in [0, 0.1) is 5.82 Å². The van der Waals surface area contributed by atoms with E-state index in [9.17, 15) is 4.39 Å². The van der Waals surface area contributed by atoms with Crippen LogP contribution in [0.25, 0.3) is 10.8 Å². The molecule has 1 N–H and O–H groups in total. The molecular formula is C18H17FN2. The van der Waals surface area contributed by atoms with E-state index in [2.05, 4.69) is 23.3 Å². The third-order valence-electron chi connectivity index (χ3n) is 3.69. The summed E-state index contributed by atoms with van der Waals surface area (Å²) in [6.45, 7) is 2.12.